The first-order valence-corrected chi connectivity index (χ1v) is 9.54. The van der Waals surface area contributed by atoms with Crippen LogP contribution in [0.3, 0.4) is 0 Å². The van der Waals surface area contributed by atoms with Crippen LogP contribution in [0, 0.1) is 5.82 Å². The summed E-state index contributed by atoms with van der Waals surface area (Å²) in [6.45, 7) is 0.458. The smallest absolute Gasteiger partial charge is 0.319 e. The molecule has 0 spiro atoms. The molecule has 6 nitrogen and oxygen atoms in total. The SMILES string of the molecule is O=C(CCNC(=O)Nc1ccccc1)N=c1sccn1Cc1ccccc1F. The van der Waals surface area contributed by atoms with E-state index in [-0.39, 0.29) is 30.7 Å². The minimum absolute atomic E-state index is 0.0693. The topological polar surface area (TPSA) is 75.5 Å². The van der Waals surface area contributed by atoms with E-state index in [2.05, 4.69) is 15.6 Å². The Bertz CT molecular complexity index is 1010. The Balaban J connectivity index is 1.53. The molecule has 1 heterocycles. The Morgan fingerprint density at radius 1 is 1.07 bits per heavy atom. The van der Waals surface area contributed by atoms with Crippen LogP contribution in [0.25, 0.3) is 0 Å². The second-order valence-corrected chi connectivity index (χ2v) is 6.78. The molecule has 1 aromatic heterocycles. The zero-order chi connectivity index (χ0) is 19.8. The Morgan fingerprint density at radius 3 is 2.61 bits per heavy atom. The first-order valence-electron chi connectivity index (χ1n) is 8.66. The van der Waals surface area contributed by atoms with Crippen LogP contribution in [0.15, 0.2) is 71.2 Å². The maximum atomic E-state index is 13.8. The summed E-state index contributed by atoms with van der Waals surface area (Å²) in [5, 5.41) is 7.08. The standard InChI is InChI=1S/C20H19FN4O2S/c21-17-9-5-4-6-15(17)14-25-12-13-28-20(25)24-18(26)10-11-22-19(27)23-16-7-2-1-3-8-16/h1-9,12-13H,10-11,14H2,(H2,22,23,27). The molecule has 3 rings (SSSR count). The average Bonchev–Trinajstić information content (AvgIpc) is 3.11. The molecule has 0 saturated carbocycles. The molecule has 28 heavy (non-hydrogen) atoms. The molecule has 2 N–H and O–H groups in total. The maximum absolute atomic E-state index is 13.8. The third kappa shape index (κ3) is 5.62. The van der Waals surface area contributed by atoms with Crippen molar-refractivity contribution in [3.63, 3.8) is 0 Å². The van der Waals surface area contributed by atoms with Crippen LogP contribution in [0.4, 0.5) is 14.9 Å². The van der Waals surface area contributed by atoms with Crippen LogP contribution in [0.5, 0.6) is 0 Å². The minimum Gasteiger partial charge on any atom is -0.337 e. The number of urea groups is 1. The van der Waals surface area contributed by atoms with Gasteiger partial charge in [-0.15, -0.1) is 11.3 Å². The number of halogens is 1. The summed E-state index contributed by atoms with van der Waals surface area (Å²) in [5.41, 5.74) is 1.19. The molecule has 3 amide bonds. The molecule has 2 aromatic carbocycles. The number of anilines is 1. The molecule has 0 saturated heterocycles. The number of nitrogens with one attached hydrogen (secondary N) is 2. The summed E-state index contributed by atoms with van der Waals surface area (Å²) in [5.74, 6) is -0.656. The van der Waals surface area contributed by atoms with Crippen molar-refractivity contribution in [2.75, 3.05) is 11.9 Å². The molecule has 8 heteroatoms. The van der Waals surface area contributed by atoms with E-state index in [0.29, 0.717) is 22.6 Å². The number of hydrogen-bond donors (Lipinski definition) is 2. The van der Waals surface area contributed by atoms with Gasteiger partial charge in [-0.3, -0.25) is 4.79 Å². The molecule has 0 radical (unpaired) electrons. The van der Waals surface area contributed by atoms with Crippen LogP contribution in [-0.4, -0.2) is 23.1 Å². The van der Waals surface area contributed by atoms with Gasteiger partial charge in [0.05, 0.1) is 6.54 Å². The molecular formula is C20H19FN4O2S. The Kier molecular flexibility index (Phi) is 6.69. The van der Waals surface area contributed by atoms with Crippen molar-refractivity contribution >= 4 is 29.0 Å². The van der Waals surface area contributed by atoms with Crippen LogP contribution < -0.4 is 15.4 Å². The summed E-state index contributed by atoms with van der Waals surface area (Å²) in [6, 6.07) is 15.1. The Hall–Kier alpha value is -3.26. The van der Waals surface area contributed by atoms with Gasteiger partial charge in [0.2, 0.25) is 5.91 Å². The number of carbonyl (C=O) groups is 2. The van der Waals surface area contributed by atoms with E-state index < -0.39 is 0 Å². The van der Waals surface area contributed by atoms with Gasteiger partial charge < -0.3 is 15.2 Å². The van der Waals surface area contributed by atoms with E-state index in [4.69, 9.17) is 0 Å². The van der Waals surface area contributed by atoms with Gasteiger partial charge in [-0.05, 0) is 18.2 Å². The number of rotatable bonds is 6. The van der Waals surface area contributed by atoms with Gasteiger partial charge >= 0.3 is 6.03 Å². The first kappa shape index (κ1) is 19.5. The van der Waals surface area contributed by atoms with E-state index in [1.165, 1.54) is 17.4 Å². The van der Waals surface area contributed by atoms with Gasteiger partial charge in [-0.25, -0.2) is 9.18 Å². The number of amides is 3. The summed E-state index contributed by atoms with van der Waals surface area (Å²) >= 11 is 1.30. The number of benzene rings is 2. The molecule has 3 aromatic rings. The third-order valence-electron chi connectivity index (χ3n) is 3.83. The highest BCUT2D eigenvalue weighted by Crippen LogP contribution is 2.08. The summed E-state index contributed by atoms with van der Waals surface area (Å²) in [4.78, 5) is 28.5. The average molecular weight is 398 g/mol. The third-order valence-corrected chi connectivity index (χ3v) is 4.63. The lowest BCUT2D eigenvalue weighted by molar-refractivity contribution is -0.117. The minimum atomic E-state index is -0.384. The fourth-order valence-corrected chi connectivity index (χ4v) is 3.20. The molecule has 0 aliphatic rings. The zero-order valence-corrected chi connectivity index (χ0v) is 15.8. The fourth-order valence-electron chi connectivity index (χ4n) is 2.46. The van der Waals surface area contributed by atoms with Crippen molar-refractivity contribution in [3.05, 3.63) is 82.4 Å². The zero-order valence-electron chi connectivity index (χ0n) is 15.0. The Morgan fingerprint density at radius 2 is 1.82 bits per heavy atom. The highest BCUT2D eigenvalue weighted by Gasteiger charge is 2.06. The van der Waals surface area contributed by atoms with E-state index in [0.717, 1.165) is 0 Å². The number of carbonyl (C=O) groups excluding carboxylic acids is 2. The number of aromatic nitrogens is 1. The van der Waals surface area contributed by atoms with E-state index in [1.807, 2.05) is 18.2 Å². The normalized spacial score (nSPS) is 11.2. The van der Waals surface area contributed by atoms with Crippen LogP contribution in [0.2, 0.25) is 0 Å². The van der Waals surface area contributed by atoms with E-state index in [1.54, 1.807) is 46.5 Å². The number of para-hydroxylation sites is 1. The Labute approximate surface area is 165 Å². The summed E-state index contributed by atoms with van der Waals surface area (Å²) in [7, 11) is 0. The molecule has 0 aliphatic heterocycles. The lowest BCUT2D eigenvalue weighted by Crippen LogP contribution is -2.30. The van der Waals surface area contributed by atoms with Crippen LogP contribution in [0.1, 0.15) is 12.0 Å². The predicted molar refractivity (Wildman–Crippen MR) is 106 cm³/mol. The number of nitrogens with zero attached hydrogens (tertiary/aromatic N) is 2. The second-order valence-electron chi connectivity index (χ2n) is 5.91. The largest absolute Gasteiger partial charge is 0.337 e. The van der Waals surface area contributed by atoms with Crippen LogP contribution in [-0.2, 0) is 11.3 Å². The quantitative estimate of drug-likeness (QED) is 0.668. The second kappa shape index (κ2) is 9.61. The number of thiazole rings is 1. The molecular weight excluding hydrogens is 379 g/mol. The first-order chi connectivity index (χ1) is 13.6. The van der Waals surface area contributed by atoms with Gasteiger partial charge in [-0.2, -0.15) is 4.99 Å². The van der Waals surface area contributed by atoms with Crippen molar-refractivity contribution in [1.29, 1.82) is 0 Å². The molecule has 0 bridgehead atoms. The predicted octanol–water partition coefficient (Wildman–Crippen LogP) is 3.38. The van der Waals surface area contributed by atoms with Gasteiger partial charge in [0.15, 0.2) is 4.80 Å². The van der Waals surface area contributed by atoms with Crippen molar-refractivity contribution in [2.24, 2.45) is 4.99 Å². The highest BCUT2D eigenvalue weighted by molar-refractivity contribution is 7.07. The summed E-state index contributed by atoms with van der Waals surface area (Å²) in [6.07, 6.45) is 1.83. The van der Waals surface area contributed by atoms with Crippen molar-refractivity contribution in [3.8, 4) is 0 Å². The fraction of sp³-hybridized carbons (Fsp3) is 0.150. The van der Waals surface area contributed by atoms with Crippen molar-refractivity contribution < 1.29 is 14.0 Å². The van der Waals surface area contributed by atoms with Gasteiger partial charge in [0.25, 0.3) is 0 Å². The van der Waals surface area contributed by atoms with Gasteiger partial charge in [0, 0.05) is 35.8 Å². The van der Waals surface area contributed by atoms with E-state index >= 15 is 0 Å². The molecule has 0 aliphatic carbocycles. The van der Waals surface area contributed by atoms with E-state index in [9.17, 15) is 14.0 Å². The lowest BCUT2D eigenvalue weighted by atomic mass is 10.2. The van der Waals surface area contributed by atoms with Crippen molar-refractivity contribution in [1.82, 2.24) is 9.88 Å². The monoisotopic (exact) mass is 398 g/mol. The van der Waals surface area contributed by atoms with Crippen molar-refractivity contribution in [2.45, 2.75) is 13.0 Å². The molecule has 144 valence electrons. The molecule has 0 atom stereocenters. The molecule has 0 fully saturated rings. The number of hydrogen-bond acceptors (Lipinski definition) is 3. The highest BCUT2D eigenvalue weighted by atomic mass is 32.1. The van der Waals surface area contributed by atoms with Gasteiger partial charge in [0.1, 0.15) is 5.82 Å². The van der Waals surface area contributed by atoms with Crippen LogP contribution >= 0.6 is 11.3 Å². The lowest BCUT2D eigenvalue weighted by Gasteiger charge is -2.06. The molecule has 0 unspecified atom stereocenters. The maximum Gasteiger partial charge on any atom is 0.319 e. The summed E-state index contributed by atoms with van der Waals surface area (Å²) < 4.78 is 15.5. The van der Waals surface area contributed by atoms with Gasteiger partial charge in [-0.1, -0.05) is 36.4 Å².